The number of nitriles is 1. The van der Waals surface area contributed by atoms with Gasteiger partial charge in [0.2, 0.25) is 5.91 Å². The van der Waals surface area contributed by atoms with Gasteiger partial charge in [0.05, 0.1) is 12.0 Å². The van der Waals surface area contributed by atoms with Crippen LogP contribution in [0.3, 0.4) is 0 Å². The molecule has 0 aromatic heterocycles. The molecule has 0 aliphatic carbocycles. The number of para-hydroxylation sites is 1. The average Bonchev–Trinajstić information content (AvgIpc) is 2.60. The maximum absolute atomic E-state index is 13.4. The van der Waals surface area contributed by atoms with Crippen molar-refractivity contribution in [2.24, 2.45) is 0 Å². The molecule has 0 heterocycles. The molecule has 0 atom stereocenters. The van der Waals surface area contributed by atoms with E-state index in [9.17, 15) is 14.0 Å². The molecular weight excluding hydrogens is 313 g/mol. The van der Waals surface area contributed by atoms with Crippen LogP contribution in [0.5, 0.6) is 5.75 Å². The van der Waals surface area contributed by atoms with Gasteiger partial charge in [-0.2, -0.15) is 5.26 Å². The first kappa shape index (κ1) is 17.0. The number of hydrogen-bond donors (Lipinski definition) is 2. The van der Waals surface area contributed by atoms with Crippen LogP contribution in [0.2, 0.25) is 0 Å². The predicted molar refractivity (Wildman–Crippen MR) is 83.0 cm³/mol. The van der Waals surface area contributed by atoms with Crippen molar-refractivity contribution >= 4 is 11.8 Å². The van der Waals surface area contributed by atoms with Crippen LogP contribution in [0.4, 0.5) is 4.39 Å². The van der Waals surface area contributed by atoms with Crippen LogP contribution in [-0.4, -0.2) is 18.4 Å². The number of halogens is 1. The SMILES string of the molecule is N#Cc1ccccc1OCC(=O)NNC(=O)Cc1ccccc1F. The lowest BCUT2D eigenvalue weighted by Crippen LogP contribution is -2.44. The Morgan fingerprint density at radius 2 is 1.71 bits per heavy atom. The van der Waals surface area contributed by atoms with Gasteiger partial charge in [-0.25, -0.2) is 4.39 Å². The van der Waals surface area contributed by atoms with Crippen LogP contribution >= 0.6 is 0 Å². The third-order valence-corrected chi connectivity index (χ3v) is 3.02. The average molecular weight is 327 g/mol. The number of nitrogens with zero attached hydrogens (tertiary/aromatic N) is 1. The van der Waals surface area contributed by atoms with Crippen LogP contribution in [0.25, 0.3) is 0 Å². The van der Waals surface area contributed by atoms with Crippen molar-refractivity contribution in [3.8, 4) is 11.8 Å². The number of benzene rings is 2. The molecule has 0 aliphatic heterocycles. The summed E-state index contributed by atoms with van der Waals surface area (Å²) in [5, 5.41) is 8.90. The van der Waals surface area contributed by atoms with Gasteiger partial charge in [-0.15, -0.1) is 0 Å². The molecule has 0 aliphatic rings. The first-order chi connectivity index (χ1) is 11.6. The van der Waals surface area contributed by atoms with Gasteiger partial charge in [-0.05, 0) is 23.8 Å². The minimum absolute atomic E-state index is 0.203. The van der Waals surface area contributed by atoms with E-state index < -0.39 is 17.6 Å². The monoisotopic (exact) mass is 327 g/mol. The molecular formula is C17H14FN3O3. The summed E-state index contributed by atoms with van der Waals surface area (Å²) >= 11 is 0. The summed E-state index contributed by atoms with van der Waals surface area (Å²) in [6.45, 7) is -0.376. The van der Waals surface area contributed by atoms with Gasteiger partial charge in [-0.1, -0.05) is 30.3 Å². The molecule has 6 nitrogen and oxygen atoms in total. The van der Waals surface area contributed by atoms with E-state index in [2.05, 4.69) is 10.9 Å². The molecule has 0 unspecified atom stereocenters. The molecule has 2 N–H and O–H groups in total. The van der Waals surface area contributed by atoms with E-state index in [1.807, 2.05) is 6.07 Å². The van der Waals surface area contributed by atoms with Crippen molar-refractivity contribution in [3.63, 3.8) is 0 Å². The molecule has 7 heteroatoms. The minimum atomic E-state index is -0.607. The smallest absolute Gasteiger partial charge is 0.276 e. The largest absolute Gasteiger partial charge is 0.482 e. The van der Waals surface area contributed by atoms with Gasteiger partial charge < -0.3 is 4.74 Å². The highest BCUT2D eigenvalue weighted by molar-refractivity contribution is 5.83. The Labute approximate surface area is 137 Å². The standard InChI is InChI=1S/C17H14FN3O3/c18-14-7-3-1-5-12(14)9-16(22)20-21-17(23)11-24-15-8-4-2-6-13(15)10-19/h1-8H,9,11H2,(H,20,22)(H,21,23). The number of nitrogens with one attached hydrogen (secondary N) is 2. The summed E-state index contributed by atoms with van der Waals surface area (Å²) in [7, 11) is 0. The molecule has 0 spiro atoms. The van der Waals surface area contributed by atoms with Crippen molar-refractivity contribution in [1.29, 1.82) is 5.26 Å². The number of hydrogen-bond acceptors (Lipinski definition) is 4. The summed E-state index contributed by atoms with van der Waals surface area (Å²) in [5.74, 6) is -1.39. The number of rotatable bonds is 5. The van der Waals surface area contributed by atoms with E-state index in [1.54, 1.807) is 30.3 Å². The van der Waals surface area contributed by atoms with Gasteiger partial charge in [-0.3, -0.25) is 20.4 Å². The molecule has 0 radical (unpaired) electrons. The van der Waals surface area contributed by atoms with Crippen LogP contribution in [0, 0.1) is 17.1 Å². The number of carbonyl (C=O) groups excluding carboxylic acids is 2. The molecule has 0 fully saturated rings. The fourth-order valence-corrected chi connectivity index (χ4v) is 1.86. The van der Waals surface area contributed by atoms with Crippen LogP contribution < -0.4 is 15.6 Å². The van der Waals surface area contributed by atoms with Crippen molar-refractivity contribution in [3.05, 3.63) is 65.5 Å². The van der Waals surface area contributed by atoms with Gasteiger partial charge in [0.1, 0.15) is 17.6 Å². The van der Waals surface area contributed by atoms with Gasteiger partial charge >= 0.3 is 0 Å². The molecule has 2 aromatic carbocycles. The zero-order valence-electron chi connectivity index (χ0n) is 12.6. The van der Waals surface area contributed by atoms with E-state index in [1.165, 1.54) is 18.2 Å². The Morgan fingerprint density at radius 3 is 2.46 bits per heavy atom. The van der Waals surface area contributed by atoms with Crippen molar-refractivity contribution in [2.75, 3.05) is 6.61 Å². The molecule has 2 aromatic rings. The van der Waals surface area contributed by atoms with E-state index in [-0.39, 0.29) is 24.3 Å². The van der Waals surface area contributed by atoms with E-state index in [0.29, 0.717) is 5.56 Å². The topological polar surface area (TPSA) is 91.2 Å². The maximum Gasteiger partial charge on any atom is 0.276 e. The lowest BCUT2D eigenvalue weighted by molar-refractivity contribution is -0.129. The second-order valence-corrected chi connectivity index (χ2v) is 4.76. The molecule has 0 bridgehead atoms. The summed E-state index contributed by atoms with van der Waals surface area (Å²) in [5.41, 5.74) is 4.86. The maximum atomic E-state index is 13.4. The highest BCUT2D eigenvalue weighted by Crippen LogP contribution is 2.16. The fourth-order valence-electron chi connectivity index (χ4n) is 1.86. The lowest BCUT2D eigenvalue weighted by atomic mass is 10.1. The Morgan fingerprint density at radius 1 is 1.04 bits per heavy atom. The van der Waals surface area contributed by atoms with Crippen molar-refractivity contribution in [1.82, 2.24) is 10.9 Å². The fraction of sp³-hybridized carbons (Fsp3) is 0.118. The zero-order chi connectivity index (χ0) is 17.4. The van der Waals surface area contributed by atoms with Crippen LogP contribution in [0.1, 0.15) is 11.1 Å². The van der Waals surface area contributed by atoms with Gasteiger partial charge in [0.15, 0.2) is 6.61 Å². The zero-order valence-corrected chi connectivity index (χ0v) is 12.6. The number of carbonyl (C=O) groups is 2. The van der Waals surface area contributed by atoms with E-state index in [0.717, 1.165) is 0 Å². The Kier molecular flexibility index (Phi) is 5.86. The van der Waals surface area contributed by atoms with Gasteiger partial charge in [0, 0.05) is 0 Å². The van der Waals surface area contributed by atoms with Crippen LogP contribution in [0.15, 0.2) is 48.5 Å². The summed E-state index contributed by atoms with van der Waals surface area (Å²) < 4.78 is 18.6. The Bertz CT molecular complexity index is 787. The second kappa shape index (κ2) is 8.29. The predicted octanol–water partition coefficient (Wildman–Crippen LogP) is 1.47. The number of hydrazine groups is 1. The summed E-state index contributed by atoms with van der Waals surface area (Å²) in [6.07, 6.45) is -0.203. The second-order valence-electron chi connectivity index (χ2n) is 4.76. The van der Waals surface area contributed by atoms with Crippen molar-refractivity contribution in [2.45, 2.75) is 6.42 Å². The third-order valence-electron chi connectivity index (χ3n) is 3.02. The summed E-state index contributed by atoms with van der Waals surface area (Å²) in [4.78, 5) is 23.3. The third kappa shape index (κ3) is 4.81. The van der Waals surface area contributed by atoms with E-state index >= 15 is 0 Å². The Hall–Kier alpha value is -3.40. The number of ether oxygens (including phenoxy) is 1. The highest BCUT2D eigenvalue weighted by atomic mass is 19.1. The first-order valence-corrected chi connectivity index (χ1v) is 7.03. The molecule has 24 heavy (non-hydrogen) atoms. The van der Waals surface area contributed by atoms with Crippen molar-refractivity contribution < 1.29 is 18.7 Å². The van der Waals surface area contributed by atoms with Gasteiger partial charge in [0.25, 0.3) is 5.91 Å². The minimum Gasteiger partial charge on any atom is -0.482 e. The van der Waals surface area contributed by atoms with E-state index in [4.69, 9.17) is 10.00 Å². The van der Waals surface area contributed by atoms with Crippen LogP contribution in [-0.2, 0) is 16.0 Å². The number of amides is 2. The normalized spacial score (nSPS) is 9.67. The first-order valence-electron chi connectivity index (χ1n) is 7.03. The highest BCUT2D eigenvalue weighted by Gasteiger charge is 2.10. The Balaban J connectivity index is 1.78. The molecule has 2 rings (SSSR count). The quantitative estimate of drug-likeness (QED) is 0.814. The molecule has 0 saturated carbocycles. The molecule has 122 valence electrons. The molecule has 0 saturated heterocycles. The lowest BCUT2D eigenvalue weighted by Gasteiger charge is -2.09. The molecule has 2 amide bonds. The summed E-state index contributed by atoms with van der Waals surface area (Å²) in [6, 6.07) is 14.3.